The van der Waals surface area contributed by atoms with Gasteiger partial charge in [0, 0.05) is 18.5 Å². The van der Waals surface area contributed by atoms with E-state index in [0.717, 1.165) is 12.8 Å². The molecule has 1 atom stereocenters. The number of aliphatic hydroxyl groups is 1. The Bertz CT molecular complexity index is 1050. The van der Waals surface area contributed by atoms with Crippen molar-refractivity contribution >= 4 is 0 Å². The van der Waals surface area contributed by atoms with Crippen LogP contribution in [0.25, 0.3) is 5.69 Å². The van der Waals surface area contributed by atoms with Gasteiger partial charge in [0.1, 0.15) is 12.3 Å². The molecule has 3 aromatic rings. The van der Waals surface area contributed by atoms with Crippen LogP contribution >= 0.6 is 0 Å². The first-order valence-electron chi connectivity index (χ1n) is 12.1. The highest BCUT2D eigenvalue weighted by atomic mass is 16.5. The molecule has 1 unspecified atom stereocenters. The van der Waals surface area contributed by atoms with Gasteiger partial charge in [-0.05, 0) is 49.8 Å². The second-order valence-electron chi connectivity index (χ2n) is 7.97. The van der Waals surface area contributed by atoms with Gasteiger partial charge in [-0.2, -0.15) is 0 Å². The summed E-state index contributed by atoms with van der Waals surface area (Å²) < 4.78 is 12.5. The molecule has 1 aliphatic rings. The first-order valence-corrected chi connectivity index (χ1v) is 12.1. The zero-order valence-corrected chi connectivity index (χ0v) is 21.0. The van der Waals surface area contributed by atoms with E-state index in [4.69, 9.17) is 9.47 Å². The average Bonchev–Trinajstić information content (AvgIpc) is 3.72. The molecule has 6 nitrogen and oxygen atoms in total. The van der Waals surface area contributed by atoms with Crippen LogP contribution in [-0.2, 0) is 6.42 Å². The zero-order chi connectivity index (χ0) is 24.9. The summed E-state index contributed by atoms with van der Waals surface area (Å²) in [5.41, 5.74) is 2.37. The third-order valence-electron chi connectivity index (χ3n) is 5.39. The molecule has 184 valence electrons. The topological polar surface area (TPSA) is 73.6 Å². The summed E-state index contributed by atoms with van der Waals surface area (Å²) >= 11 is 0. The molecular formula is C28H38N2O4. The minimum atomic E-state index is -0.440. The Balaban J connectivity index is 0.000000311. The van der Waals surface area contributed by atoms with Gasteiger partial charge in [0.15, 0.2) is 11.5 Å². The lowest BCUT2D eigenvalue weighted by Crippen LogP contribution is -2.21. The fourth-order valence-corrected chi connectivity index (χ4v) is 3.36. The van der Waals surface area contributed by atoms with Crippen LogP contribution in [0.2, 0.25) is 0 Å². The Kier molecular flexibility index (Phi) is 11.3. The van der Waals surface area contributed by atoms with E-state index in [-0.39, 0.29) is 12.2 Å². The van der Waals surface area contributed by atoms with Gasteiger partial charge in [-0.25, -0.2) is 0 Å². The van der Waals surface area contributed by atoms with Crippen molar-refractivity contribution in [3.63, 3.8) is 0 Å². The highest BCUT2D eigenvalue weighted by Gasteiger charge is 2.30. The predicted molar refractivity (Wildman–Crippen MR) is 137 cm³/mol. The number of rotatable bonds is 8. The Morgan fingerprint density at radius 2 is 1.82 bits per heavy atom. The SMILES string of the molecule is CC.CCCc1ccccc1.COc1cc(-n2ccnc(C)c2=O)ccc1OCC(O)C1CC1. The Hall–Kier alpha value is -3.12. The van der Waals surface area contributed by atoms with Gasteiger partial charge in [-0.3, -0.25) is 14.3 Å². The number of benzene rings is 2. The van der Waals surface area contributed by atoms with Crippen molar-refractivity contribution in [3.8, 4) is 17.2 Å². The van der Waals surface area contributed by atoms with Crippen molar-refractivity contribution in [1.29, 1.82) is 0 Å². The lowest BCUT2D eigenvalue weighted by molar-refractivity contribution is 0.0880. The van der Waals surface area contributed by atoms with E-state index in [1.54, 1.807) is 44.6 Å². The number of aliphatic hydroxyl groups excluding tert-OH is 1. The van der Waals surface area contributed by atoms with Crippen molar-refractivity contribution in [1.82, 2.24) is 9.55 Å². The van der Waals surface area contributed by atoms with Gasteiger partial charge in [-0.1, -0.05) is 57.5 Å². The molecule has 0 bridgehead atoms. The van der Waals surface area contributed by atoms with E-state index in [9.17, 15) is 9.90 Å². The van der Waals surface area contributed by atoms with Crippen LogP contribution in [0.5, 0.6) is 11.5 Å². The minimum absolute atomic E-state index is 0.174. The summed E-state index contributed by atoms with van der Waals surface area (Å²) in [6.45, 7) is 8.12. The average molecular weight is 467 g/mol. The number of methoxy groups -OCH3 is 1. The number of aromatic nitrogens is 2. The van der Waals surface area contributed by atoms with Gasteiger partial charge < -0.3 is 14.6 Å². The summed E-state index contributed by atoms with van der Waals surface area (Å²) in [4.78, 5) is 16.1. The summed E-state index contributed by atoms with van der Waals surface area (Å²) in [7, 11) is 1.55. The fourth-order valence-electron chi connectivity index (χ4n) is 3.36. The van der Waals surface area contributed by atoms with Gasteiger partial charge in [0.05, 0.1) is 18.9 Å². The first kappa shape index (κ1) is 27.1. The number of ether oxygens (including phenoxy) is 2. The van der Waals surface area contributed by atoms with E-state index >= 15 is 0 Å². The molecule has 4 rings (SSSR count). The second kappa shape index (κ2) is 14.2. The first-order chi connectivity index (χ1) is 16.5. The summed E-state index contributed by atoms with van der Waals surface area (Å²) in [5, 5.41) is 9.90. The monoisotopic (exact) mass is 466 g/mol. The molecule has 0 spiro atoms. The highest BCUT2D eigenvalue weighted by molar-refractivity contribution is 5.49. The molecule has 1 aromatic heterocycles. The fraction of sp³-hybridized carbons (Fsp3) is 0.429. The number of hydrogen-bond donors (Lipinski definition) is 1. The Labute approximate surface area is 203 Å². The molecule has 1 aliphatic carbocycles. The van der Waals surface area contributed by atoms with Gasteiger partial charge in [0.25, 0.3) is 5.56 Å². The quantitative estimate of drug-likeness (QED) is 0.483. The van der Waals surface area contributed by atoms with Crippen LogP contribution in [0.3, 0.4) is 0 Å². The lowest BCUT2D eigenvalue weighted by atomic mass is 10.1. The number of nitrogens with zero attached hydrogens (tertiary/aromatic N) is 2. The molecule has 0 saturated heterocycles. The van der Waals surface area contributed by atoms with Crippen LogP contribution in [0.15, 0.2) is 65.7 Å². The van der Waals surface area contributed by atoms with E-state index < -0.39 is 6.10 Å². The summed E-state index contributed by atoms with van der Waals surface area (Å²) in [6.07, 6.45) is 7.33. The lowest BCUT2D eigenvalue weighted by Gasteiger charge is -2.15. The molecule has 2 aromatic carbocycles. The van der Waals surface area contributed by atoms with Crippen molar-refractivity contribution in [3.05, 3.63) is 82.5 Å². The van der Waals surface area contributed by atoms with Crippen LogP contribution in [0, 0.1) is 12.8 Å². The maximum Gasteiger partial charge on any atom is 0.276 e. The maximum absolute atomic E-state index is 12.1. The maximum atomic E-state index is 12.1. The molecule has 6 heteroatoms. The molecule has 0 radical (unpaired) electrons. The van der Waals surface area contributed by atoms with Crippen molar-refractivity contribution in [2.45, 2.75) is 59.5 Å². The number of hydrogen-bond acceptors (Lipinski definition) is 5. The largest absolute Gasteiger partial charge is 0.493 e. The molecule has 1 fully saturated rings. The summed E-state index contributed by atoms with van der Waals surface area (Å²) in [6, 6.07) is 15.8. The van der Waals surface area contributed by atoms with Gasteiger partial charge >= 0.3 is 0 Å². The molecule has 1 saturated carbocycles. The highest BCUT2D eigenvalue weighted by Crippen LogP contribution is 2.34. The number of aryl methyl sites for hydroxylation is 2. The van der Waals surface area contributed by atoms with E-state index in [0.29, 0.717) is 28.8 Å². The predicted octanol–water partition coefficient (Wildman–Crippen LogP) is 5.36. The van der Waals surface area contributed by atoms with Gasteiger partial charge in [0.2, 0.25) is 0 Å². The molecule has 1 N–H and O–H groups in total. The normalized spacial score (nSPS) is 13.0. The van der Waals surface area contributed by atoms with E-state index in [1.807, 2.05) is 13.8 Å². The van der Waals surface area contributed by atoms with Crippen molar-refractivity contribution in [2.24, 2.45) is 5.92 Å². The second-order valence-corrected chi connectivity index (χ2v) is 7.97. The summed E-state index contributed by atoms with van der Waals surface area (Å²) in [5.74, 6) is 1.43. The molecular weight excluding hydrogens is 428 g/mol. The zero-order valence-electron chi connectivity index (χ0n) is 21.0. The smallest absolute Gasteiger partial charge is 0.276 e. The molecule has 0 aliphatic heterocycles. The minimum Gasteiger partial charge on any atom is -0.493 e. The third kappa shape index (κ3) is 8.03. The van der Waals surface area contributed by atoms with Crippen molar-refractivity contribution in [2.75, 3.05) is 13.7 Å². The van der Waals surface area contributed by atoms with Crippen LogP contribution in [-0.4, -0.2) is 34.5 Å². The van der Waals surface area contributed by atoms with Gasteiger partial charge in [-0.15, -0.1) is 0 Å². The van der Waals surface area contributed by atoms with E-state index in [1.165, 1.54) is 23.0 Å². The molecule has 1 heterocycles. The molecule has 34 heavy (non-hydrogen) atoms. The third-order valence-corrected chi connectivity index (χ3v) is 5.39. The molecule has 0 amide bonds. The van der Waals surface area contributed by atoms with Crippen molar-refractivity contribution < 1.29 is 14.6 Å². The Morgan fingerprint density at radius 3 is 2.44 bits per heavy atom. The van der Waals surface area contributed by atoms with Crippen LogP contribution in [0.1, 0.15) is 51.3 Å². The van der Waals surface area contributed by atoms with Crippen LogP contribution < -0.4 is 15.0 Å². The standard InChI is InChI=1S/C17H20N2O4.C9H12.C2H6/c1-11-17(21)19(8-7-18-11)13-5-6-15(16(9-13)22-2)23-10-14(20)12-3-4-12;1-2-6-9-7-4-3-5-8-9;1-2/h5-9,12,14,20H,3-4,10H2,1-2H3;3-5,7-8H,2,6H2,1H3;1-2H3. The van der Waals surface area contributed by atoms with E-state index in [2.05, 4.69) is 42.2 Å². The Morgan fingerprint density at radius 1 is 1.12 bits per heavy atom. The van der Waals surface area contributed by atoms with Crippen LogP contribution in [0.4, 0.5) is 0 Å².